The van der Waals surface area contributed by atoms with Crippen LogP contribution >= 0.6 is 0 Å². The fraction of sp³-hybridized carbons (Fsp3) is 0.600. The van der Waals surface area contributed by atoms with Crippen molar-refractivity contribution in [2.24, 2.45) is 0 Å². The summed E-state index contributed by atoms with van der Waals surface area (Å²) in [4.78, 5) is 19.9. The number of hydrogen-bond acceptors (Lipinski definition) is 5. The van der Waals surface area contributed by atoms with E-state index in [0.717, 1.165) is 0 Å². The second-order valence-electron chi connectivity index (χ2n) is 2.14. The normalized spacial score (nSPS) is 12.8. The van der Waals surface area contributed by atoms with Crippen LogP contribution in [-0.2, 0) is 27.0 Å². The third-order valence-electron chi connectivity index (χ3n) is 1.15. The van der Waals surface area contributed by atoms with Crippen LogP contribution in [0.1, 0.15) is 6.42 Å². The Balaban J connectivity index is 0. The minimum atomic E-state index is -3.42. The number of aliphatic hydroxyl groups excluding tert-OH is 1. The van der Waals surface area contributed by atoms with Crippen LogP contribution in [0.15, 0.2) is 0 Å². The fourth-order valence-corrected chi connectivity index (χ4v) is 0.450. The zero-order valence-corrected chi connectivity index (χ0v) is 7.52. The maximum absolute atomic E-state index is 9.99. The van der Waals surface area contributed by atoms with Gasteiger partial charge in [-0.1, -0.05) is 0 Å². The van der Waals surface area contributed by atoms with Crippen molar-refractivity contribution in [1.29, 1.82) is 0 Å². The zero-order chi connectivity index (χ0) is 9.94. The Labute approximate surface area is 83.4 Å². The molecule has 5 N–H and O–H groups in total. The summed E-state index contributed by atoms with van der Waals surface area (Å²) in [6, 6.07) is 0. The van der Waals surface area contributed by atoms with Gasteiger partial charge in [0, 0.05) is 17.4 Å². The van der Waals surface area contributed by atoms with Crippen LogP contribution < -0.4 is 0 Å². The van der Waals surface area contributed by atoms with Gasteiger partial charge in [-0.2, -0.15) is 0 Å². The molecule has 0 aromatic rings. The molecule has 0 aliphatic heterocycles. The average Bonchev–Trinajstić information content (AvgIpc) is 1.85. The summed E-state index contributed by atoms with van der Waals surface area (Å²) >= 11 is 0. The summed E-state index contributed by atoms with van der Waals surface area (Å²) in [5.74, 6) is -7.05. The number of carbonyl (C=O) groups is 2. The van der Waals surface area contributed by atoms with Gasteiger partial charge in [0.2, 0.25) is 0 Å². The molecule has 7 nitrogen and oxygen atoms in total. The van der Waals surface area contributed by atoms with Gasteiger partial charge in [0.15, 0.2) is 0 Å². The van der Waals surface area contributed by atoms with E-state index in [4.69, 9.17) is 25.5 Å². The molecule has 0 radical (unpaired) electrons. The molecule has 0 saturated heterocycles. The van der Waals surface area contributed by atoms with Crippen molar-refractivity contribution in [2.45, 2.75) is 18.3 Å². The van der Waals surface area contributed by atoms with E-state index < -0.39 is 30.3 Å². The summed E-state index contributed by atoms with van der Waals surface area (Å²) in [5.41, 5.74) is 0. The third kappa shape index (κ3) is 4.21. The molecule has 0 saturated carbocycles. The molecule has 0 aromatic carbocycles. The molecule has 0 heterocycles. The third-order valence-corrected chi connectivity index (χ3v) is 1.15. The first-order chi connectivity index (χ1) is 5.28. The van der Waals surface area contributed by atoms with Crippen LogP contribution in [-0.4, -0.2) is 49.4 Å². The molecule has 8 heteroatoms. The molecular formula is C5H8CrO7. The molecule has 0 fully saturated rings. The van der Waals surface area contributed by atoms with Gasteiger partial charge in [-0.05, 0) is 0 Å². The van der Waals surface area contributed by atoms with Crippen molar-refractivity contribution >= 4 is 11.9 Å². The number of aliphatic carboxylic acids is 2. The number of carboxylic acids is 2. The molecule has 1 atom stereocenters. The summed E-state index contributed by atoms with van der Waals surface area (Å²) < 4.78 is 0. The van der Waals surface area contributed by atoms with Crippen LogP contribution in [0.5, 0.6) is 0 Å². The minimum Gasteiger partial charge on any atom is -0.481 e. The Kier molecular flexibility index (Phi) is 5.90. The van der Waals surface area contributed by atoms with E-state index in [0.29, 0.717) is 0 Å². The van der Waals surface area contributed by atoms with Gasteiger partial charge in [-0.25, -0.2) is 4.79 Å². The number of carboxylic acid groups (broad SMARTS) is 2. The number of hydrogen-bond donors (Lipinski definition) is 5. The van der Waals surface area contributed by atoms with E-state index in [-0.39, 0.29) is 17.4 Å². The van der Waals surface area contributed by atoms with Crippen LogP contribution in [0.25, 0.3) is 0 Å². The van der Waals surface area contributed by atoms with Gasteiger partial charge in [0.25, 0.3) is 5.79 Å². The minimum absolute atomic E-state index is 0. The van der Waals surface area contributed by atoms with Crippen molar-refractivity contribution in [3.8, 4) is 0 Å². The van der Waals surface area contributed by atoms with E-state index in [1.807, 2.05) is 0 Å². The topological polar surface area (TPSA) is 135 Å². The smallest absolute Gasteiger partial charge is 0.366 e. The van der Waals surface area contributed by atoms with E-state index in [9.17, 15) is 9.59 Å². The standard InChI is InChI=1S/C5H8O7.Cr/c6-2(1-3(7)8)5(11,12)4(9)10;/h2,6,11-12H,1H2,(H,7,8)(H,9,10);. The largest absolute Gasteiger partial charge is 0.481 e. The summed E-state index contributed by atoms with van der Waals surface area (Å²) in [6.45, 7) is 0. The van der Waals surface area contributed by atoms with Gasteiger partial charge in [-0.3, -0.25) is 4.79 Å². The summed E-state index contributed by atoms with van der Waals surface area (Å²) in [6.07, 6.45) is -3.31. The Morgan fingerprint density at radius 3 is 1.85 bits per heavy atom. The first-order valence-electron chi connectivity index (χ1n) is 2.86. The van der Waals surface area contributed by atoms with Gasteiger partial charge in [-0.15, -0.1) is 0 Å². The van der Waals surface area contributed by atoms with Gasteiger partial charge in [0.1, 0.15) is 6.10 Å². The van der Waals surface area contributed by atoms with Gasteiger partial charge < -0.3 is 25.5 Å². The average molecular weight is 232 g/mol. The first kappa shape index (κ1) is 14.9. The predicted molar refractivity (Wildman–Crippen MR) is 33.1 cm³/mol. The van der Waals surface area contributed by atoms with Crippen LogP contribution in [0.4, 0.5) is 0 Å². The summed E-state index contributed by atoms with van der Waals surface area (Å²) in [5, 5.41) is 41.9. The quantitative estimate of drug-likeness (QED) is 0.340. The maximum atomic E-state index is 9.99. The Hall–Kier alpha value is -0.648. The van der Waals surface area contributed by atoms with Crippen LogP contribution in [0.2, 0.25) is 0 Å². The monoisotopic (exact) mass is 232 g/mol. The predicted octanol–water partition coefficient (Wildman–Crippen LogP) is -2.41. The second kappa shape index (κ2) is 5.16. The molecule has 0 rings (SSSR count). The van der Waals surface area contributed by atoms with E-state index in [1.54, 1.807) is 0 Å². The van der Waals surface area contributed by atoms with E-state index >= 15 is 0 Å². The molecule has 76 valence electrons. The maximum Gasteiger partial charge on any atom is 0.366 e. The van der Waals surface area contributed by atoms with Crippen LogP contribution in [0, 0.1) is 0 Å². The molecule has 0 spiro atoms. The molecular weight excluding hydrogens is 224 g/mol. The number of aliphatic hydroxyl groups is 3. The van der Waals surface area contributed by atoms with Gasteiger partial charge in [0.05, 0.1) is 6.42 Å². The van der Waals surface area contributed by atoms with Crippen molar-refractivity contribution in [3.05, 3.63) is 0 Å². The molecule has 1 unspecified atom stereocenters. The van der Waals surface area contributed by atoms with E-state index in [2.05, 4.69) is 0 Å². The molecule has 13 heavy (non-hydrogen) atoms. The Morgan fingerprint density at radius 2 is 1.62 bits per heavy atom. The molecule has 0 aromatic heterocycles. The molecule has 0 bridgehead atoms. The zero-order valence-electron chi connectivity index (χ0n) is 6.25. The molecule has 0 aliphatic rings. The second-order valence-corrected chi connectivity index (χ2v) is 2.14. The number of rotatable bonds is 4. The first-order valence-corrected chi connectivity index (χ1v) is 2.86. The fourth-order valence-electron chi connectivity index (χ4n) is 0.450. The SMILES string of the molecule is O=C(O)CC(O)C(O)(O)C(=O)O.[Cr]. The molecule has 0 amide bonds. The van der Waals surface area contributed by atoms with Crippen molar-refractivity contribution in [1.82, 2.24) is 0 Å². The summed E-state index contributed by atoms with van der Waals surface area (Å²) in [7, 11) is 0. The van der Waals surface area contributed by atoms with Crippen LogP contribution in [0.3, 0.4) is 0 Å². The van der Waals surface area contributed by atoms with Gasteiger partial charge >= 0.3 is 11.9 Å². The van der Waals surface area contributed by atoms with Crippen molar-refractivity contribution in [3.63, 3.8) is 0 Å². The molecule has 0 aliphatic carbocycles. The Morgan fingerprint density at radius 1 is 1.23 bits per heavy atom. The van der Waals surface area contributed by atoms with E-state index in [1.165, 1.54) is 0 Å². The van der Waals surface area contributed by atoms with Crippen molar-refractivity contribution < 1.29 is 52.5 Å². The van der Waals surface area contributed by atoms with Crippen molar-refractivity contribution in [2.75, 3.05) is 0 Å². The Bertz CT molecular complexity index is 201.